The molecular weight excluding hydrogens is 467 g/mol. The van der Waals surface area contributed by atoms with Crippen LogP contribution in [0.3, 0.4) is 0 Å². The zero-order valence-corrected chi connectivity index (χ0v) is 19.9. The first kappa shape index (κ1) is 26.2. The van der Waals surface area contributed by atoms with Gasteiger partial charge < -0.3 is 30.0 Å². The van der Waals surface area contributed by atoms with Crippen molar-refractivity contribution in [3.05, 3.63) is 41.3 Å². The maximum absolute atomic E-state index is 13.3. The van der Waals surface area contributed by atoms with Gasteiger partial charge in [0.05, 0.1) is 36.0 Å². The number of nitrogens with one attached hydrogen (secondary N) is 1. The van der Waals surface area contributed by atoms with Crippen LogP contribution in [-0.2, 0) is 15.7 Å². The molecule has 2 aromatic heterocycles. The molecule has 1 aromatic carbocycles. The predicted octanol–water partition coefficient (Wildman–Crippen LogP) is 4.16. The number of benzene rings is 1. The second kappa shape index (κ2) is 11.4. The van der Waals surface area contributed by atoms with E-state index in [9.17, 15) is 13.2 Å². The second-order valence-corrected chi connectivity index (χ2v) is 7.69. The Morgan fingerprint density at radius 3 is 2.14 bits per heavy atom. The number of aromatic nitrogens is 3. The number of hydrogen-bond acceptors (Lipinski definition) is 9. The third-order valence-electron chi connectivity index (χ3n) is 4.95. The van der Waals surface area contributed by atoms with Crippen molar-refractivity contribution in [1.82, 2.24) is 15.0 Å². The minimum absolute atomic E-state index is 0.123. The number of aryl methyl sites for hydroxylation is 1. The fraction of sp³-hybridized carbons (Fsp3) is 0.435. The number of anilines is 2. The van der Waals surface area contributed by atoms with Crippen molar-refractivity contribution in [2.24, 2.45) is 0 Å². The van der Waals surface area contributed by atoms with Gasteiger partial charge in [0, 0.05) is 25.7 Å². The van der Waals surface area contributed by atoms with E-state index in [1.165, 1.54) is 0 Å². The highest BCUT2D eigenvalue weighted by Crippen LogP contribution is 2.36. The molecule has 0 fully saturated rings. The summed E-state index contributed by atoms with van der Waals surface area (Å²) in [6.45, 7) is 4.72. The number of nitrogen functional groups attached to an aromatic ring is 1. The number of nitrogens with two attached hydrogens (primary N) is 1. The highest BCUT2D eigenvalue weighted by atomic mass is 19.4. The summed E-state index contributed by atoms with van der Waals surface area (Å²) in [6.07, 6.45) is -4.54. The number of nitrogens with zero attached hydrogens (tertiary/aromatic N) is 3. The molecule has 12 heteroatoms. The normalized spacial score (nSPS) is 12.5. The van der Waals surface area contributed by atoms with Crippen LogP contribution in [0.2, 0.25) is 0 Å². The van der Waals surface area contributed by atoms with E-state index >= 15 is 0 Å². The molecule has 0 bridgehead atoms. The largest absolute Gasteiger partial charge is 0.487 e. The topological polar surface area (TPSA) is 114 Å². The van der Waals surface area contributed by atoms with E-state index in [-0.39, 0.29) is 18.1 Å². The Morgan fingerprint density at radius 2 is 1.54 bits per heavy atom. The third-order valence-corrected chi connectivity index (χ3v) is 4.95. The summed E-state index contributed by atoms with van der Waals surface area (Å²) >= 11 is 0. The number of pyridine rings is 1. The number of rotatable bonds is 11. The van der Waals surface area contributed by atoms with Gasteiger partial charge in [-0.3, -0.25) is 0 Å². The van der Waals surface area contributed by atoms with Gasteiger partial charge in [-0.15, -0.1) is 0 Å². The molecule has 190 valence electrons. The number of ether oxygens (including phenoxy) is 4. The number of methoxy groups -OCH3 is 2. The highest BCUT2D eigenvalue weighted by molar-refractivity contribution is 5.92. The van der Waals surface area contributed by atoms with Crippen LogP contribution >= 0.6 is 0 Å². The Bertz CT molecular complexity index is 1160. The van der Waals surface area contributed by atoms with Crippen molar-refractivity contribution >= 4 is 22.5 Å². The first-order chi connectivity index (χ1) is 16.6. The molecule has 2 heterocycles. The molecule has 3 rings (SSSR count). The van der Waals surface area contributed by atoms with Gasteiger partial charge in [0.15, 0.2) is 11.5 Å². The van der Waals surface area contributed by atoms with Crippen LogP contribution < -0.4 is 20.5 Å². The van der Waals surface area contributed by atoms with Gasteiger partial charge in [-0.05, 0) is 32.0 Å². The van der Waals surface area contributed by atoms with Crippen LogP contribution in [-0.4, -0.2) is 55.6 Å². The van der Waals surface area contributed by atoms with Gasteiger partial charge in [-0.25, -0.2) is 15.0 Å². The third kappa shape index (κ3) is 6.83. The molecule has 0 aliphatic carbocycles. The maximum atomic E-state index is 13.3. The Morgan fingerprint density at radius 1 is 0.914 bits per heavy atom. The van der Waals surface area contributed by atoms with Gasteiger partial charge >= 0.3 is 6.18 Å². The quantitative estimate of drug-likeness (QED) is 0.379. The van der Waals surface area contributed by atoms with E-state index in [1.807, 2.05) is 0 Å². The molecule has 0 unspecified atom stereocenters. The second-order valence-electron chi connectivity index (χ2n) is 7.69. The Labute approximate surface area is 200 Å². The summed E-state index contributed by atoms with van der Waals surface area (Å²) in [4.78, 5) is 13.0. The van der Waals surface area contributed by atoms with Crippen LogP contribution in [0.25, 0.3) is 10.9 Å². The van der Waals surface area contributed by atoms with Gasteiger partial charge in [-0.1, -0.05) is 0 Å². The number of fused-ring (bicyclic) bond motifs is 1. The van der Waals surface area contributed by atoms with Gasteiger partial charge in [0.1, 0.15) is 30.7 Å². The van der Waals surface area contributed by atoms with Gasteiger partial charge in [0.2, 0.25) is 0 Å². The lowest BCUT2D eigenvalue weighted by atomic mass is 10.1. The maximum Gasteiger partial charge on any atom is 0.416 e. The summed E-state index contributed by atoms with van der Waals surface area (Å²) < 4.78 is 61.5. The molecule has 0 amide bonds. The zero-order chi connectivity index (χ0) is 25.6. The van der Waals surface area contributed by atoms with Crippen LogP contribution in [0.5, 0.6) is 11.5 Å². The minimum atomic E-state index is -4.54. The molecule has 9 nitrogen and oxygen atoms in total. The first-order valence-corrected chi connectivity index (χ1v) is 10.8. The van der Waals surface area contributed by atoms with E-state index in [0.29, 0.717) is 53.9 Å². The molecular formula is C23H28F3N5O4. The van der Waals surface area contributed by atoms with E-state index in [4.69, 9.17) is 24.7 Å². The summed E-state index contributed by atoms with van der Waals surface area (Å²) in [7, 11) is 3.14. The Balaban J connectivity index is 2.00. The number of halogens is 3. The molecule has 0 saturated heterocycles. The van der Waals surface area contributed by atoms with Gasteiger partial charge in [0.25, 0.3) is 0 Å². The van der Waals surface area contributed by atoms with Crippen molar-refractivity contribution < 1.29 is 32.1 Å². The van der Waals surface area contributed by atoms with Crippen molar-refractivity contribution in [2.45, 2.75) is 26.1 Å². The SMILES string of the molecule is COCCOc1cc2nc(C)nc(N[C@H](C)c3cc(C(F)(F)F)cc(N)n3)c2cc1OCCOC. The molecule has 0 aliphatic heterocycles. The monoisotopic (exact) mass is 495 g/mol. The fourth-order valence-electron chi connectivity index (χ4n) is 3.30. The molecule has 1 atom stereocenters. The minimum Gasteiger partial charge on any atom is -0.487 e. The van der Waals surface area contributed by atoms with E-state index < -0.39 is 17.8 Å². The van der Waals surface area contributed by atoms with E-state index in [0.717, 1.165) is 12.1 Å². The van der Waals surface area contributed by atoms with Gasteiger partial charge in [-0.2, -0.15) is 13.2 Å². The fourth-order valence-corrected chi connectivity index (χ4v) is 3.30. The van der Waals surface area contributed by atoms with Crippen LogP contribution in [0.1, 0.15) is 30.0 Å². The average Bonchev–Trinajstić information content (AvgIpc) is 2.78. The summed E-state index contributed by atoms with van der Waals surface area (Å²) in [5.74, 6) is 1.54. The van der Waals surface area contributed by atoms with Crippen molar-refractivity contribution in [2.75, 3.05) is 51.7 Å². The van der Waals surface area contributed by atoms with Crippen molar-refractivity contribution in [3.63, 3.8) is 0 Å². The lowest BCUT2D eigenvalue weighted by Crippen LogP contribution is -2.15. The summed E-state index contributed by atoms with van der Waals surface area (Å²) in [5, 5.41) is 3.73. The average molecular weight is 496 g/mol. The Hall–Kier alpha value is -3.38. The molecule has 3 N–H and O–H groups in total. The molecule has 0 saturated carbocycles. The smallest absolute Gasteiger partial charge is 0.416 e. The van der Waals surface area contributed by atoms with E-state index in [1.54, 1.807) is 40.2 Å². The molecule has 35 heavy (non-hydrogen) atoms. The number of alkyl halides is 3. The molecule has 0 aliphatic rings. The first-order valence-electron chi connectivity index (χ1n) is 10.8. The van der Waals surface area contributed by atoms with Crippen LogP contribution in [0.15, 0.2) is 24.3 Å². The lowest BCUT2D eigenvalue weighted by molar-refractivity contribution is -0.137. The van der Waals surface area contributed by atoms with Crippen molar-refractivity contribution in [1.29, 1.82) is 0 Å². The number of hydrogen-bond donors (Lipinski definition) is 2. The van der Waals surface area contributed by atoms with Crippen molar-refractivity contribution in [3.8, 4) is 11.5 Å². The lowest BCUT2D eigenvalue weighted by Gasteiger charge is -2.19. The summed E-state index contributed by atoms with van der Waals surface area (Å²) in [6, 6.07) is 4.56. The standard InChI is InChI=1S/C23H28F3N5O4/c1-13(17-9-15(23(24,25)26)10-21(27)31-17)28-22-16-11-19(34-7-5-32-3)20(35-8-6-33-4)12-18(16)29-14(2)30-22/h9-13H,5-8H2,1-4H3,(H2,27,31)(H,28,29,30)/t13-/m1/s1. The highest BCUT2D eigenvalue weighted by Gasteiger charge is 2.32. The van der Waals surface area contributed by atoms with Crippen LogP contribution in [0, 0.1) is 6.92 Å². The van der Waals surface area contributed by atoms with E-state index in [2.05, 4.69) is 20.3 Å². The molecule has 3 aromatic rings. The molecule has 0 spiro atoms. The molecule has 0 radical (unpaired) electrons. The Kier molecular flexibility index (Phi) is 8.52. The summed E-state index contributed by atoms with van der Waals surface area (Å²) in [5.41, 5.74) is 5.45. The van der Waals surface area contributed by atoms with Crippen LogP contribution in [0.4, 0.5) is 24.8 Å². The predicted molar refractivity (Wildman–Crippen MR) is 125 cm³/mol. The zero-order valence-electron chi connectivity index (χ0n) is 19.9.